The first-order valence-electron chi connectivity index (χ1n) is 7.58. The maximum atomic E-state index is 12.6. The zero-order valence-corrected chi connectivity index (χ0v) is 13.3. The minimum atomic E-state index is -1.07. The van der Waals surface area contributed by atoms with Crippen molar-refractivity contribution in [3.63, 3.8) is 0 Å². The van der Waals surface area contributed by atoms with Crippen molar-refractivity contribution in [2.45, 2.75) is 31.7 Å². The van der Waals surface area contributed by atoms with Gasteiger partial charge in [-0.25, -0.2) is 4.79 Å². The van der Waals surface area contributed by atoms with Crippen molar-refractivity contribution >= 4 is 40.8 Å². The topological polar surface area (TPSA) is 77.9 Å². The number of anilines is 2. The lowest BCUT2D eigenvalue weighted by molar-refractivity contribution is -0.122. The average molecular weight is 337 g/mol. The Balaban J connectivity index is 2.09. The first-order valence-corrected chi connectivity index (χ1v) is 8.12. The van der Waals surface area contributed by atoms with E-state index in [1.54, 1.807) is 11.0 Å². The van der Waals surface area contributed by atoms with Gasteiger partial charge in [0.2, 0.25) is 11.8 Å². The van der Waals surface area contributed by atoms with E-state index in [-0.39, 0.29) is 29.9 Å². The van der Waals surface area contributed by atoms with E-state index in [9.17, 15) is 19.5 Å². The van der Waals surface area contributed by atoms with E-state index in [4.69, 9.17) is 11.6 Å². The van der Waals surface area contributed by atoms with Crippen molar-refractivity contribution < 1.29 is 19.5 Å². The molecule has 23 heavy (non-hydrogen) atoms. The van der Waals surface area contributed by atoms with Crippen LogP contribution in [0.4, 0.5) is 11.4 Å². The van der Waals surface area contributed by atoms with Gasteiger partial charge in [0.05, 0.1) is 16.9 Å². The van der Waals surface area contributed by atoms with Gasteiger partial charge in [-0.15, -0.1) is 11.6 Å². The number of hydrogen-bond acceptors (Lipinski definition) is 3. The molecule has 0 bridgehead atoms. The monoisotopic (exact) mass is 336 g/mol. The summed E-state index contributed by atoms with van der Waals surface area (Å²) in [7, 11) is 0. The number of carboxylic acids is 1. The highest BCUT2D eigenvalue weighted by Gasteiger charge is 2.37. The first-order chi connectivity index (χ1) is 11.0. The molecule has 1 N–H and O–H groups in total. The van der Waals surface area contributed by atoms with E-state index in [0.29, 0.717) is 11.4 Å². The molecule has 0 atom stereocenters. The van der Waals surface area contributed by atoms with Gasteiger partial charge in [0.15, 0.2) is 0 Å². The van der Waals surface area contributed by atoms with Gasteiger partial charge in [-0.3, -0.25) is 14.5 Å². The number of amides is 2. The molecule has 7 heteroatoms. The highest BCUT2D eigenvalue weighted by molar-refractivity contribution is 6.30. The predicted molar refractivity (Wildman–Crippen MR) is 86.2 cm³/mol. The summed E-state index contributed by atoms with van der Waals surface area (Å²) in [6.45, 7) is -0.0991. The van der Waals surface area contributed by atoms with Gasteiger partial charge in [0.1, 0.15) is 12.4 Å². The molecular weight excluding hydrogens is 320 g/mol. The number of hydrogen-bond donors (Lipinski definition) is 1. The molecule has 1 heterocycles. The molecular formula is C16H17ClN2O4. The number of aromatic carboxylic acids is 1. The Bertz CT molecular complexity index is 670. The largest absolute Gasteiger partial charge is 0.478 e. The Kier molecular flexibility index (Phi) is 4.26. The third kappa shape index (κ3) is 2.79. The lowest BCUT2D eigenvalue weighted by atomic mass is 10.0. The van der Waals surface area contributed by atoms with Crippen LogP contribution in [0.3, 0.4) is 0 Å². The molecule has 2 amide bonds. The molecule has 1 aliphatic carbocycles. The summed E-state index contributed by atoms with van der Waals surface area (Å²) in [6, 6.07) is 4.63. The minimum Gasteiger partial charge on any atom is -0.478 e. The Morgan fingerprint density at radius 2 is 1.91 bits per heavy atom. The molecule has 1 saturated carbocycles. The van der Waals surface area contributed by atoms with E-state index in [0.717, 1.165) is 25.7 Å². The summed E-state index contributed by atoms with van der Waals surface area (Å²) < 4.78 is 0. The molecule has 3 rings (SSSR count). The number of halogens is 1. The molecule has 0 spiro atoms. The number of rotatable bonds is 3. The highest BCUT2D eigenvalue weighted by atomic mass is 35.5. The second-order valence-corrected chi connectivity index (χ2v) is 6.09. The van der Waals surface area contributed by atoms with Crippen LogP contribution in [0.2, 0.25) is 0 Å². The van der Waals surface area contributed by atoms with E-state index in [2.05, 4.69) is 0 Å². The molecule has 0 radical (unpaired) electrons. The maximum absolute atomic E-state index is 12.6. The third-order valence-electron chi connectivity index (χ3n) is 4.44. The van der Waals surface area contributed by atoms with Crippen molar-refractivity contribution in [2.24, 2.45) is 0 Å². The Labute approximate surface area is 138 Å². The second-order valence-electron chi connectivity index (χ2n) is 5.82. The zero-order valence-electron chi connectivity index (χ0n) is 12.5. The molecule has 0 aromatic heterocycles. The molecule has 1 aromatic carbocycles. The minimum absolute atomic E-state index is 0.0804. The number of carbonyl (C=O) groups is 3. The van der Waals surface area contributed by atoms with Gasteiger partial charge in [-0.05, 0) is 31.0 Å². The van der Waals surface area contributed by atoms with Crippen LogP contribution in [-0.4, -0.2) is 41.4 Å². The van der Waals surface area contributed by atoms with Crippen LogP contribution >= 0.6 is 11.6 Å². The van der Waals surface area contributed by atoms with Crippen LogP contribution in [0, 0.1) is 0 Å². The predicted octanol–water partition coefficient (Wildman–Crippen LogP) is 2.25. The number of carboxylic acid groups (broad SMARTS) is 1. The number of fused-ring (bicyclic) bond motifs is 1. The molecule has 6 nitrogen and oxygen atoms in total. The first kappa shape index (κ1) is 15.8. The van der Waals surface area contributed by atoms with Crippen LogP contribution < -0.4 is 9.80 Å². The number of carbonyl (C=O) groups excluding carboxylic acids is 2. The average Bonchev–Trinajstić information content (AvgIpc) is 3.06. The standard InChI is InChI=1S/C16H17ClN2O4/c17-8-14(20)18-9-15(21)19(11-3-1-2-4-11)12-6-5-10(16(22)23)7-13(12)18/h5-7,11H,1-4,8-9H2,(H,22,23). The number of alkyl halides is 1. The normalized spacial score (nSPS) is 18.2. The summed E-state index contributed by atoms with van der Waals surface area (Å²) in [5.74, 6) is -1.89. The quantitative estimate of drug-likeness (QED) is 0.859. The summed E-state index contributed by atoms with van der Waals surface area (Å²) in [5, 5.41) is 9.19. The second kappa shape index (κ2) is 6.20. The van der Waals surface area contributed by atoms with E-state index in [1.165, 1.54) is 17.0 Å². The molecule has 0 saturated heterocycles. The van der Waals surface area contributed by atoms with Gasteiger partial charge in [0, 0.05) is 6.04 Å². The van der Waals surface area contributed by atoms with Crippen molar-refractivity contribution in [1.82, 2.24) is 0 Å². The van der Waals surface area contributed by atoms with Gasteiger partial charge in [-0.2, -0.15) is 0 Å². The van der Waals surface area contributed by atoms with E-state index < -0.39 is 11.9 Å². The fraction of sp³-hybridized carbons (Fsp3) is 0.438. The van der Waals surface area contributed by atoms with Crippen LogP contribution in [0.1, 0.15) is 36.0 Å². The van der Waals surface area contributed by atoms with Crippen LogP contribution in [0.5, 0.6) is 0 Å². The van der Waals surface area contributed by atoms with Crippen LogP contribution in [0.15, 0.2) is 18.2 Å². The third-order valence-corrected chi connectivity index (χ3v) is 4.67. The number of nitrogens with zero attached hydrogens (tertiary/aromatic N) is 2. The van der Waals surface area contributed by atoms with E-state index >= 15 is 0 Å². The van der Waals surface area contributed by atoms with Gasteiger partial charge in [0.25, 0.3) is 0 Å². The van der Waals surface area contributed by atoms with Crippen molar-refractivity contribution in [3.05, 3.63) is 23.8 Å². The van der Waals surface area contributed by atoms with Crippen molar-refractivity contribution in [3.8, 4) is 0 Å². The Morgan fingerprint density at radius 1 is 1.22 bits per heavy atom. The fourth-order valence-corrected chi connectivity index (χ4v) is 3.51. The lowest BCUT2D eigenvalue weighted by Crippen LogP contribution is -2.51. The summed E-state index contributed by atoms with van der Waals surface area (Å²) in [6.07, 6.45) is 3.99. The van der Waals surface area contributed by atoms with Crippen LogP contribution in [-0.2, 0) is 9.59 Å². The molecule has 1 fully saturated rings. The van der Waals surface area contributed by atoms with Crippen molar-refractivity contribution in [1.29, 1.82) is 0 Å². The SMILES string of the molecule is O=C(O)c1ccc2c(c1)N(C(=O)CCl)CC(=O)N2C1CCCC1. The molecule has 122 valence electrons. The Morgan fingerprint density at radius 3 is 2.52 bits per heavy atom. The molecule has 0 unspecified atom stereocenters. The van der Waals surface area contributed by atoms with Crippen LogP contribution in [0.25, 0.3) is 0 Å². The number of benzene rings is 1. The molecule has 1 aromatic rings. The zero-order chi connectivity index (χ0) is 16.6. The van der Waals surface area contributed by atoms with Gasteiger partial charge < -0.3 is 10.0 Å². The smallest absolute Gasteiger partial charge is 0.335 e. The van der Waals surface area contributed by atoms with E-state index in [1.807, 2.05) is 0 Å². The van der Waals surface area contributed by atoms with Gasteiger partial charge >= 0.3 is 5.97 Å². The summed E-state index contributed by atoms with van der Waals surface area (Å²) >= 11 is 5.63. The van der Waals surface area contributed by atoms with Crippen molar-refractivity contribution in [2.75, 3.05) is 22.2 Å². The summed E-state index contributed by atoms with van der Waals surface area (Å²) in [4.78, 5) is 38.9. The summed E-state index contributed by atoms with van der Waals surface area (Å²) in [5.41, 5.74) is 1.12. The molecule has 2 aliphatic rings. The molecule has 1 aliphatic heterocycles. The van der Waals surface area contributed by atoms with Gasteiger partial charge in [-0.1, -0.05) is 12.8 Å². The highest BCUT2D eigenvalue weighted by Crippen LogP contribution is 2.39. The fourth-order valence-electron chi connectivity index (χ4n) is 3.36. The lowest BCUT2D eigenvalue weighted by Gasteiger charge is -2.39. The maximum Gasteiger partial charge on any atom is 0.335 e. The Hall–Kier alpha value is -2.08.